The predicted molar refractivity (Wildman–Crippen MR) is 115 cm³/mol. The van der Waals surface area contributed by atoms with E-state index in [0.29, 0.717) is 48.0 Å². The second-order valence-electron chi connectivity index (χ2n) is 6.72. The van der Waals surface area contributed by atoms with E-state index in [1.54, 1.807) is 30.3 Å². The molecule has 0 amide bonds. The van der Waals surface area contributed by atoms with Crippen LogP contribution in [0.1, 0.15) is 0 Å². The first kappa shape index (κ1) is 20.4. The molecule has 0 saturated carbocycles. The molecule has 1 N–H and O–H groups in total. The number of H-pyrrole nitrogens is 1. The smallest absolute Gasteiger partial charge is 0.305 e. The summed E-state index contributed by atoms with van der Waals surface area (Å²) in [5, 5.41) is 0.666. The third-order valence-corrected chi connectivity index (χ3v) is 7.84. The number of aromatic nitrogens is 1. The average Bonchev–Trinajstić information content (AvgIpc) is 3.09. The van der Waals surface area contributed by atoms with Gasteiger partial charge in [-0.25, -0.2) is 8.42 Å². The first-order valence-corrected chi connectivity index (χ1v) is 11.8. The molecule has 29 heavy (non-hydrogen) atoms. The zero-order valence-electron chi connectivity index (χ0n) is 15.5. The molecular weight excluding hydrogens is 434 g/mol. The van der Waals surface area contributed by atoms with Crippen LogP contribution in [-0.4, -0.2) is 61.9 Å². The summed E-state index contributed by atoms with van der Waals surface area (Å²) >= 11 is 6.87. The van der Waals surface area contributed by atoms with Crippen LogP contribution in [0.3, 0.4) is 0 Å². The van der Waals surface area contributed by atoms with Crippen molar-refractivity contribution in [2.75, 3.05) is 39.3 Å². The van der Waals surface area contributed by atoms with Crippen LogP contribution >= 0.6 is 22.9 Å². The Morgan fingerprint density at radius 3 is 2.52 bits per heavy atom. The number of thiazole rings is 1. The van der Waals surface area contributed by atoms with Gasteiger partial charge in [-0.1, -0.05) is 22.9 Å². The number of nitrogens with one attached hydrogen (secondary N) is 1. The highest BCUT2D eigenvalue weighted by atomic mass is 35.5. The van der Waals surface area contributed by atoms with E-state index in [9.17, 15) is 13.2 Å². The summed E-state index contributed by atoms with van der Waals surface area (Å²) in [6.07, 6.45) is 0. The minimum absolute atomic E-state index is 0.191. The van der Waals surface area contributed by atoms with Crippen molar-refractivity contribution in [3.05, 3.63) is 57.2 Å². The summed E-state index contributed by atoms with van der Waals surface area (Å²) in [5.41, 5.74) is 0.657. The SMILES string of the molecule is O=c1[nH]c2ccc(S(=O)(=O)N3CCN(CCOc4ccc(Cl)cc4)CC3)cc2s1. The minimum Gasteiger partial charge on any atom is -0.492 e. The first-order valence-electron chi connectivity index (χ1n) is 9.15. The molecule has 0 aliphatic carbocycles. The number of hydrogen-bond acceptors (Lipinski definition) is 6. The monoisotopic (exact) mass is 453 g/mol. The number of rotatable bonds is 6. The van der Waals surface area contributed by atoms with Gasteiger partial charge in [0.15, 0.2) is 0 Å². The molecule has 10 heteroatoms. The molecule has 1 aliphatic rings. The van der Waals surface area contributed by atoms with E-state index in [0.717, 1.165) is 23.6 Å². The molecule has 2 heterocycles. The van der Waals surface area contributed by atoms with Gasteiger partial charge in [0.25, 0.3) is 0 Å². The lowest BCUT2D eigenvalue weighted by Crippen LogP contribution is -2.49. The van der Waals surface area contributed by atoms with Gasteiger partial charge in [-0.15, -0.1) is 0 Å². The Balaban J connectivity index is 1.33. The fraction of sp³-hybridized carbons (Fsp3) is 0.316. The maximum absolute atomic E-state index is 13.0. The number of benzene rings is 2. The highest BCUT2D eigenvalue weighted by molar-refractivity contribution is 7.89. The predicted octanol–water partition coefficient (Wildman–Crippen LogP) is 2.63. The van der Waals surface area contributed by atoms with Gasteiger partial charge in [0.1, 0.15) is 12.4 Å². The summed E-state index contributed by atoms with van der Waals surface area (Å²) in [6, 6.07) is 12.0. The molecule has 2 aromatic carbocycles. The third-order valence-electron chi connectivity index (χ3n) is 4.85. The molecule has 0 spiro atoms. The summed E-state index contributed by atoms with van der Waals surface area (Å²) < 4.78 is 33.8. The van der Waals surface area contributed by atoms with Crippen molar-refractivity contribution in [3.63, 3.8) is 0 Å². The van der Waals surface area contributed by atoms with E-state index < -0.39 is 10.0 Å². The molecule has 0 atom stereocenters. The van der Waals surface area contributed by atoms with Crippen LogP contribution in [0.4, 0.5) is 0 Å². The fourth-order valence-corrected chi connectivity index (χ4v) is 5.68. The van der Waals surface area contributed by atoms with Crippen molar-refractivity contribution in [1.82, 2.24) is 14.2 Å². The Morgan fingerprint density at radius 1 is 1.07 bits per heavy atom. The molecule has 1 fully saturated rings. The Bertz CT molecular complexity index is 1150. The summed E-state index contributed by atoms with van der Waals surface area (Å²) in [4.78, 5) is 16.4. The lowest BCUT2D eigenvalue weighted by atomic mass is 10.3. The number of halogens is 1. The molecule has 0 bridgehead atoms. The Morgan fingerprint density at radius 2 is 1.79 bits per heavy atom. The normalized spacial score (nSPS) is 16.3. The summed E-state index contributed by atoms with van der Waals surface area (Å²) in [6.45, 7) is 3.37. The highest BCUT2D eigenvalue weighted by Gasteiger charge is 2.28. The van der Waals surface area contributed by atoms with E-state index in [-0.39, 0.29) is 9.77 Å². The second-order valence-corrected chi connectivity index (χ2v) is 10.1. The van der Waals surface area contributed by atoms with Crippen LogP contribution in [0.15, 0.2) is 52.2 Å². The van der Waals surface area contributed by atoms with Crippen LogP contribution in [0.5, 0.6) is 5.75 Å². The van der Waals surface area contributed by atoms with E-state index in [1.807, 2.05) is 12.1 Å². The van der Waals surface area contributed by atoms with Gasteiger partial charge >= 0.3 is 4.87 Å². The number of piperazine rings is 1. The molecule has 4 rings (SSSR count). The topological polar surface area (TPSA) is 82.7 Å². The quantitative estimate of drug-likeness (QED) is 0.620. The van der Waals surface area contributed by atoms with Crippen LogP contribution in [0.2, 0.25) is 5.02 Å². The molecule has 1 aliphatic heterocycles. The van der Waals surface area contributed by atoms with Crippen LogP contribution < -0.4 is 9.61 Å². The van der Waals surface area contributed by atoms with Gasteiger partial charge in [-0.2, -0.15) is 4.31 Å². The minimum atomic E-state index is -3.58. The molecule has 3 aromatic rings. The molecule has 7 nitrogen and oxygen atoms in total. The van der Waals surface area contributed by atoms with Crippen molar-refractivity contribution in [3.8, 4) is 5.75 Å². The molecule has 0 unspecified atom stereocenters. The van der Waals surface area contributed by atoms with Gasteiger partial charge in [0, 0.05) is 37.7 Å². The molecular formula is C19H20ClN3O4S2. The largest absolute Gasteiger partial charge is 0.492 e. The number of fused-ring (bicyclic) bond motifs is 1. The van der Waals surface area contributed by atoms with Crippen LogP contribution in [-0.2, 0) is 10.0 Å². The van der Waals surface area contributed by atoms with Gasteiger partial charge in [0.05, 0.1) is 15.1 Å². The highest BCUT2D eigenvalue weighted by Crippen LogP contribution is 2.23. The van der Waals surface area contributed by atoms with Crippen molar-refractivity contribution in [1.29, 1.82) is 0 Å². The van der Waals surface area contributed by atoms with E-state index in [2.05, 4.69) is 9.88 Å². The number of nitrogens with zero attached hydrogens (tertiary/aromatic N) is 2. The van der Waals surface area contributed by atoms with Crippen LogP contribution in [0, 0.1) is 0 Å². The number of hydrogen-bond donors (Lipinski definition) is 1. The number of ether oxygens (including phenoxy) is 1. The molecule has 0 radical (unpaired) electrons. The van der Waals surface area contributed by atoms with E-state index in [4.69, 9.17) is 16.3 Å². The first-order chi connectivity index (χ1) is 13.9. The summed E-state index contributed by atoms with van der Waals surface area (Å²) in [7, 11) is -3.58. The maximum atomic E-state index is 13.0. The molecule has 1 aromatic heterocycles. The number of sulfonamides is 1. The Labute approximate surface area is 177 Å². The number of aromatic amines is 1. The third kappa shape index (κ3) is 4.65. The van der Waals surface area contributed by atoms with E-state index >= 15 is 0 Å². The Kier molecular flexibility index (Phi) is 5.93. The average molecular weight is 454 g/mol. The van der Waals surface area contributed by atoms with Gasteiger partial charge < -0.3 is 9.72 Å². The van der Waals surface area contributed by atoms with Crippen molar-refractivity contribution in [2.24, 2.45) is 0 Å². The summed E-state index contributed by atoms with van der Waals surface area (Å²) in [5.74, 6) is 0.762. The van der Waals surface area contributed by atoms with Gasteiger partial charge in [-0.3, -0.25) is 9.69 Å². The maximum Gasteiger partial charge on any atom is 0.305 e. The van der Waals surface area contributed by atoms with Gasteiger partial charge in [0.2, 0.25) is 10.0 Å². The van der Waals surface area contributed by atoms with Gasteiger partial charge in [-0.05, 0) is 42.5 Å². The van der Waals surface area contributed by atoms with Crippen LogP contribution in [0.25, 0.3) is 10.2 Å². The zero-order valence-corrected chi connectivity index (χ0v) is 17.9. The molecule has 154 valence electrons. The Hall–Kier alpha value is -1.91. The standard InChI is InChI=1S/C19H20ClN3O4S2/c20-14-1-3-15(4-2-14)27-12-11-22-7-9-23(10-8-22)29(25,26)16-5-6-17-18(13-16)28-19(24)21-17/h1-6,13H,7-12H2,(H,21,24). The van der Waals surface area contributed by atoms with Crippen molar-refractivity contribution in [2.45, 2.75) is 4.90 Å². The van der Waals surface area contributed by atoms with E-state index in [1.165, 1.54) is 4.31 Å². The fourth-order valence-electron chi connectivity index (χ4n) is 3.25. The lowest BCUT2D eigenvalue weighted by Gasteiger charge is -2.33. The van der Waals surface area contributed by atoms with Crippen molar-refractivity contribution >= 4 is 43.2 Å². The zero-order chi connectivity index (χ0) is 20.4. The second kappa shape index (κ2) is 8.45. The molecule has 1 saturated heterocycles. The lowest BCUT2D eigenvalue weighted by molar-refractivity contribution is 0.159. The van der Waals surface area contributed by atoms with Crippen molar-refractivity contribution < 1.29 is 13.2 Å².